The third-order valence-corrected chi connectivity index (χ3v) is 4.87. The fourth-order valence-corrected chi connectivity index (χ4v) is 3.68. The van der Waals surface area contributed by atoms with Gasteiger partial charge in [0.2, 0.25) is 15.9 Å². The first-order valence-corrected chi connectivity index (χ1v) is 10.5. The van der Waals surface area contributed by atoms with Gasteiger partial charge in [0.1, 0.15) is 6.04 Å². The molecule has 0 fully saturated rings. The van der Waals surface area contributed by atoms with E-state index in [1.54, 1.807) is 19.1 Å². The van der Waals surface area contributed by atoms with Gasteiger partial charge in [0.05, 0.1) is 18.0 Å². The Kier molecular flexibility index (Phi) is 8.38. The van der Waals surface area contributed by atoms with Gasteiger partial charge in [0.25, 0.3) is 0 Å². The number of anilines is 1. The van der Waals surface area contributed by atoms with E-state index < -0.39 is 16.1 Å². The van der Waals surface area contributed by atoms with Gasteiger partial charge >= 0.3 is 0 Å². The number of hydrogen-bond acceptors (Lipinski definition) is 4. The van der Waals surface area contributed by atoms with Crippen LogP contribution in [0.2, 0.25) is 0 Å². The molecule has 1 N–H and O–H groups in total. The summed E-state index contributed by atoms with van der Waals surface area (Å²) in [5, 5.41) is 2.82. The smallest absolute Gasteiger partial charge is 0.243 e. The average molecular weight is 371 g/mol. The topological polar surface area (TPSA) is 75.7 Å². The molecule has 0 saturated carbocycles. The second-order valence-corrected chi connectivity index (χ2v) is 8.24. The van der Waals surface area contributed by atoms with E-state index >= 15 is 0 Å². The fraction of sp³-hybridized carbons (Fsp3) is 0.611. The lowest BCUT2D eigenvalue weighted by atomic mass is 10.1. The molecule has 142 valence electrons. The van der Waals surface area contributed by atoms with E-state index in [1.165, 1.54) is 4.31 Å². The van der Waals surface area contributed by atoms with Crippen LogP contribution in [-0.4, -0.2) is 45.9 Å². The Morgan fingerprint density at radius 3 is 2.32 bits per heavy atom. The van der Waals surface area contributed by atoms with E-state index in [0.29, 0.717) is 31.7 Å². The number of hydrogen-bond donors (Lipinski definition) is 1. The second kappa shape index (κ2) is 9.77. The van der Waals surface area contributed by atoms with Crippen LogP contribution in [0.5, 0.6) is 0 Å². The number of rotatable bonds is 10. The Labute approximate surface area is 151 Å². The Hall–Kier alpha value is -1.60. The maximum absolute atomic E-state index is 12.5. The van der Waals surface area contributed by atoms with Gasteiger partial charge < -0.3 is 10.1 Å². The highest BCUT2D eigenvalue weighted by Crippen LogP contribution is 2.22. The Balaban J connectivity index is 2.84. The second-order valence-electron chi connectivity index (χ2n) is 6.38. The lowest BCUT2D eigenvalue weighted by Gasteiger charge is -2.30. The molecule has 1 amide bonds. The minimum atomic E-state index is -3.59. The number of sulfonamides is 1. The molecule has 1 aromatic carbocycles. The molecule has 0 spiro atoms. The maximum atomic E-state index is 12.5. The van der Waals surface area contributed by atoms with Gasteiger partial charge in [-0.1, -0.05) is 24.6 Å². The number of nitrogens with one attached hydrogen (secondary N) is 1. The number of aryl methyl sites for hydroxylation is 1. The van der Waals surface area contributed by atoms with Gasteiger partial charge in [0, 0.05) is 13.2 Å². The summed E-state index contributed by atoms with van der Waals surface area (Å²) in [6.45, 7) is 8.65. The van der Waals surface area contributed by atoms with Gasteiger partial charge in [-0.3, -0.25) is 9.10 Å². The van der Waals surface area contributed by atoms with Crippen molar-refractivity contribution in [2.24, 2.45) is 0 Å². The molecule has 0 bridgehead atoms. The van der Waals surface area contributed by atoms with Gasteiger partial charge in [-0.2, -0.15) is 0 Å². The SMILES string of the molecule is CC[C@@H](C(=O)NCCCOC(C)C)N(c1ccc(C)cc1)S(C)(=O)=O. The van der Waals surface area contributed by atoms with Crippen molar-refractivity contribution in [2.45, 2.75) is 52.7 Å². The molecule has 1 aromatic rings. The molecule has 1 atom stereocenters. The molecule has 0 aliphatic carbocycles. The summed E-state index contributed by atoms with van der Waals surface area (Å²) in [5.41, 5.74) is 1.53. The molecule has 1 rings (SSSR count). The molecule has 25 heavy (non-hydrogen) atoms. The highest BCUT2D eigenvalue weighted by Gasteiger charge is 2.31. The Morgan fingerprint density at radius 2 is 1.84 bits per heavy atom. The van der Waals surface area contributed by atoms with Gasteiger partial charge in [-0.25, -0.2) is 8.42 Å². The van der Waals surface area contributed by atoms with Crippen molar-refractivity contribution in [2.75, 3.05) is 23.7 Å². The normalized spacial score (nSPS) is 12.9. The third kappa shape index (κ3) is 7.04. The molecule has 0 unspecified atom stereocenters. The fourth-order valence-electron chi connectivity index (χ4n) is 2.47. The van der Waals surface area contributed by atoms with Crippen molar-refractivity contribution >= 4 is 21.6 Å². The molecule has 0 heterocycles. The molecule has 0 radical (unpaired) electrons. The molecule has 7 heteroatoms. The zero-order valence-corrected chi connectivity index (χ0v) is 16.6. The number of ether oxygens (including phenoxy) is 1. The first kappa shape index (κ1) is 21.4. The molecule has 0 aliphatic rings. The van der Waals surface area contributed by atoms with Crippen molar-refractivity contribution in [1.82, 2.24) is 5.32 Å². The quantitative estimate of drug-likeness (QED) is 0.642. The van der Waals surface area contributed by atoms with Crippen LogP contribution < -0.4 is 9.62 Å². The lowest BCUT2D eigenvalue weighted by Crippen LogP contribution is -2.49. The van der Waals surface area contributed by atoms with E-state index in [-0.39, 0.29) is 12.0 Å². The summed E-state index contributed by atoms with van der Waals surface area (Å²) < 4.78 is 31.2. The lowest BCUT2D eigenvalue weighted by molar-refractivity contribution is -0.122. The Morgan fingerprint density at radius 1 is 1.24 bits per heavy atom. The van der Waals surface area contributed by atoms with Crippen molar-refractivity contribution < 1.29 is 17.9 Å². The van der Waals surface area contributed by atoms with Crippen LogP contribution >= 0.6 is 0 Å². The highest BCUT2D eigenvalue weighted by molar-refractivity contribution is 7.92. The number of benzene rings is 1. The monoisotopic (exact) mass is 370 g/mol. The van der Waals surface area contributed by atoms with E-state index in [1.807, 2.05) is 32.9 Å². The summed E-state index contributed by atoms with van der Waals surface area (Å²) in [4.78, 5) is 12.5. The molecular formula is C18H30N2O4S. The molecular weight excluding hydrogens is 340 g/mol. The zero-order valence-electron chi connectivity index (χ0n) is 15.8. The van der Waals surface area contributed by atoms with Crippen LogP contribution in [0.4, 0.5) is 5.69 Å². The van der Waals surface area contributed by atoms with E-state index in [4.69, 9.17) is 4.74 Å². The van der Waals surface area contributed by atoms with Crippen LogP contribution in [-0.2, 0) is 19.6 Å². The summed E-state index contributed by atoms with van der Waals surface area (Å²) in [6.07, 6.45) is 2.35. The highest BCUT2D eigenvalue weighted by atomic mass is 32.2. The summed E-state index contributed by atoms with van der Waals surface area (Å²) in [7, 11) is -3.59. The van der Waals surface area contributed by atoms with Crippen LogP contribution in [0, 0.1) is 6.92 Å². The number of amides is 1. The van der Waals surface area contributed by atoms with Crippen LogP contribution in [0.15, 0.2) is 24.3 Å². The van der Waals surface area contributed by atoms with E-state index in [9.17, 15) is 13.2 Å². The first-order valence-electron chi connectivity index (χ1n) is 8.62. The van der Waals surface area contributed by atoms with Crippen molar-refractivity contribution in [3.8, 4) is 0 Å². The largest absolute Gasteiger partial charge is 0.379 e. The molecule has 0 aliphatic heterocycles. The maximum Gasteiger partial charge on any atom is 0.243 e. The first-order chi connectivity index (χ1) is 11.7. The predicted molar refractivity (Wildman–Crippen MR) is 101 cm³/mol. The van der Waals surface area contributed by atoms with E-state index in [0.717, 1.165) is 11.8 Å². The van der Waals surface area contributed by atoms with Gasteiger partial charge in [0.15, 0.2) is 0 Å². The number of nitrogens with zero attached hydrogens (tertiary/aromatic N) is 1. The third-order valence-electron chi connectivity index (χ3n) is 3.69. The van der Waals surface area contributed by atoms with Crippen molar-refractivity contribution in [1.29, 1.82) is 0 Å². The average Bonchev–Trinajstić information content (AvgIpc) is 2.51. The van der Waals surface area contributed by atoms with Crippen LogP contribution in [0.25, 0.3) is 0 Å². The zero-order chi connectivity index (χ0) is 19.0. The van der Waals surface area contributed by atoms with Gasteiger partial charge in [-0.05, 0) is 45.7 Å². The number of carbonyl (C=O) groups excluding carboxylic acids is 1. The minimum absolute atomic E-state index is 0.154. The van der Waals surface area contributed by atoms with Crippen LogP contribution in [0.3, 0.4) is 0 Å². The van der Waals surface area contributed by atoms with Crippen LogP contribution in [0.1, 0.15) is 39.2 Å². The minimum Gasteiger partial charge on any atom is -0.379 e. The molecule has 0 saturated heterocycles. The summed E-state index contributed by atoms with van der Waals surface area (Å²) >= 11 is 0. The summed E-state index contributed by atoms with van der Waals surface area (Å²) in [6, 6.07) is 6.35. The van der Waals surface area contributed by atoms with E-state index in [2.05, 4.69) is 5.32 Å². The number of carbonyl (C=O) groups is 1. The predicted octanol–water partition coefficient (Wildman–Crippen LogP) is 2.47. The molecule has 6 nitrogen and oxygen atoms in total. The Bertz CT molecular complexity index is 642. The van der Waals surface area contributed by atoms with Gasteiger partial charge in [-0.15, -0.1) is 0 Å². The van der Waals surface area contributed by atoms with Crippen molar-refractivity contribution in [3.63, 3.8) is 0 Å². The standard InChI is InChI=1S/C18H30N2O4S/c1-6-17(18(21)19-12-7-13-24-14(2)3)20(25(5,22)23)16-10-8-15(4)9-11-16/h8-11,14,17H,6-7,12-13H2,1-5H3,(H,19,21)/t17-/m0/s1. The molecule has 0 aromatic heterocycles. The van der Waals surface area contributed by atoms with Crippen molar-refractivity contribution in [3.05, 3.63) is 29.8 Å². The summed E-state index contributed by atoms with van der Waals surface area (Å²) in [5.74, 6) is -0.293.